The van der Waals surface area contributed by atoms with E-state index in [1.165, 1.54) is 12.8 Å². The van der Waals surface area contributed by atoms with Gasteiger partial charge in [-0.2, -0.15) is 0 Å². The average molecular weight is 685 g/mol. The van der Waals surface area contributed by atoms with Gasteiger partial charge in [-0.15, -0.1) is 0 Å². The van der Waals surface area contributed by atoms with E-state index < -0.39 is 6.10 Å². The summed E-state index contributed by atoms with van der Waals surface area (Å²) >= 11 is 0. The van der Waals surface area contributed by atoms with Gasteiger partial charge in [-0.05, 0) is 77.0 Å². The fourth-order valence-corrected chi connectivity index (χ4v) is 5.02. The molecule has 0 aliphatic carbocycles. The molecule has 0 heterocycles. The number of carbonyl (C=O) groups is 3. The zero-order valence-electron chi connectivity index (χ0n) is 31.7. The Kier molecular flexibility index (Phi) is 35.7. The molecule has 1 atom stereocenters. The molecule has 0 aromatic carbocycles. The van der Waals surface area contributed by atoms with Crippen molar-refractivity contribution in [1.82, 2.24) is 0 Å². The van der Waals surface area contributed by atoms with Crippen LogP contribution in [0.3, 0.4) is 0 Å². The van der Waals surface area contributed by atoms with Crippen molar-refractivity contribution in [1.29, 1.82) is 0 Å². The van der Waals surface area contributed by atoms with Crippen LogP contribution in [0, 0.1) is 0 Å². The highest BCUT2D eigenvalue weighted by atomic mass is 16.6. The molecule has 0 rings (SSSR count). The van der Waals surface area contributed by atoms with Crippen molar-refractivity contribution in [2.45, 2.75) is 181 Å². The Hall–Kier alpha value is -2.89. The van der Waals surface area contributed by atoms with Gasteiger partial charge < -0.3 is 14.2 Å². The molecule has 6 nitrogen and oxygen atoms in total. The van der Waals surface area contributed by atoms with Crippen molar-refractivity contribution in [3.8, 4) is 0 Å². The molecule has 0 aliphatic heterocycles. The van der Waals surface area contributed by atoms with Crippen LogP contribution in [0.2, 0.25) is 0 Å². The smallest absolute Gasteiger partial charge is 0.306 e. The number of unbranched alkanes of at least 4 members (excludes halogenated alkanes) is 13. The molecule has 0 aromatic heterocycles. The summed E-state index contributed by atoms with van der Waals surface area (Å²) in [7, 11) is 0. The lowest BCUT2D eigenvalue weighted by atomic mass is 10.1. The number of hydrogen-bond acceptors (Lipinski definition) is 6. The largest absolute Gasteiger partial charge is 0.462 e. The lowest BCUT2D eigenvalue weighted by Crippen LogP contribution is -2.30. The van der Waals surface area contributed by atoms with Gasteiger partial charge in [-0.3, -0.25) is 14.4 Å². The number of ether oxygens (including phenoxy) is 3. The van der Waals surface area contributed by atoms with E-state index in [1.54, 1.807) is 0 Å². The van der Waals surface area contributed by atoms with Crippen molar-refractivity contribution in [3.05, 3.63) is 60.8 Å². The Balaban J connectivity index is 4.37. The molecular formula is C43H72O6. The molecule has 6 heteroatoms. The van der Waals surface area contributed by atoms with Crippen LogP contribution in [0.15, 0.2) is 60.8 Å². The second-order valence-electron chi connectivity index (χ2n) is 12.8. The summed E-state index contributed by atoms with van der Waals surface area (Å²) in [6.45, 7) is 6.30. The van der Waals surface area contributed by atoms with E-state index in [-0.39, 0.29) is 31.1 Å². The standard InChI is InChI=1S/C43H72O6/c1-4-7-10-13-15-17-19-21-23-25-27-30-33-36-42(45)48-39-40(38-47-41(44)35-32-29-12-9-6-3)49-43(46)37-34-31-28-26-24-22-20-18-16-14-11-8-5-2/h7,10-11,14-15,17-18,20-21,23,40H,4-6,8-9,12-13,16,19,22,24-39H2,1-3H3/b10-7-,14-11-,17-15-,20-18-,23-21-. The van der Waals surface area contributed by atoms with Crippen LogP contribution in [0.25, 0.3) is 0 Å². The zero-order valence-corrected chi connectivity index (χ0v) is 31.7. The second kappa shape index (κ2) is 37.9. The van der Waals surface area contributed by atoms with E-state index in [2.05, 4.69) is 81.5 Å². The highest BCUT2D eigenvalue weighted by molar-refractivity contribution is 5.71. The number of hydrogen-bond donors (Lipinski definition) is 0. The molecule has 280 valence electrons. The summed E-state index contributed by atoms with van der Waals surface area (Å²) in [5.41, 5.74) is 0. The van der Waals surface area contributed by atoms with Crippen molar-refractivity contribution >= 4 is 17.9 Å². The summed E-state index contributed by atoms with van der Waals surface area (Å²) in [6.07, 6.45) is 43.7. The van der Waals surface area contributed by atoms with Crippen molar-refractivity contribution < 1.29 is 28.6 Å². The summed E-state index contributed by atoms with van der Waals surface area (Å²) in [5.74, 6) is -0.961. The van der Waals surface area contributed by atoms with Crippen LogP contribution < -0.4 is 0 Å². The summed E-state index contributed by atoms with van der Waals surface area (Å²) in [4.78, 5) is 37.3. The Labute approximate surface area is 300 Å². The minimum absolute atomic E-state index is 0.0916. The van der Waals surface area contributed by atoms with Crippen LogP contribution >= 0.6 is 0 Å². The Morgan fingerprint density at radius 1 is 0.429 bits per heavy atom. The molecule has 49 heavy (non-hydrogen) atoms. The number of allylic oxidation sites excluding steroid dienone is 10. The highest BCUT2D eigenvalue weighted by Gasteiger charge is 2.19. The molecule has 0 spiro atoms. The fraction of sp³-hybridized carbons (Fsp3) is 0.698. The predicted molar refractivity (Wildman–Crippen MR) is 205 cm³/mol. The average Bonchev–Trinajstić information content (AvgIpc) is 3.09. The van der Waals surface area contributed by atoms with Crippen LogP contribution in [0.5, 0.6) is 0 Å². The van der Waals surface area contributed by atoms with Crippen molar-refractivity contribution in [2.24, 2.45) is 0 Å². The molecule has 0 radical (unpaired) electrons. The van der Waals surface area contributed by atoms with Gasteiger partial charge >= 0.3 is 17.9 Å². The minimum Gasteiger partial charge on any atom is -0.462 e. The number of esters is 3. The van der Waals surface area contributed by atoms with E-state index >= 15 is 0 Å². The van der Waals surface area contributed by atoms with Crippen LogP contribution in [-0.4, -0.2) is 37.2 Å². The lowest BCUT2D eigenvalue weighted by molar-refractivity contribution is -0.167. The first kappa shape index (κ1) is 46.1. The van der Waals surface area contributed by atoms with Gasteiger partial charge in [0.2, 0.25) is 0 Å². The molecule has 0 N–H and O–H groups in total. The molecule has 0 amide bonds. The molecule has 0 fully saturated rings. The second-order valence-corrected chi connectivity index (χ2v) is 12.8. The minimum atomic E-state index is -0.786. The summed E-state index contributed by atoms with van der Waals surface area (Å²) < 4.78 is 16.5. The van der Waals surface area contributed by atoms with Crippen molar-refractivity contribution in [2.75, 3.05) is 13.2 Å². The van der Waals surface area contributed by atoms with E-state index in [0.29, 0.717) is 19.3 Å². The molecule has 1 unspecified atom stereocenters. The van der Waals surface area contributed by atoms with E-state index in [4.69, 9.17) is 14.2 Å². The van der Waals surface area contributed by atoms with E-state index in [0.717, 1.165) is 122 Å². The van der Waals surface area contributed by atoms with Gasteiger partial charge in [-0.25, -0.2) is 0 Å². The highest BCUT2D eigenvalue weighted by Crippen LogP contribution is 2.12. The Bertz CT molecular complexity index is 929. The number of rotatable bonds is 34. The Morgan fingerprint density at radius 3 is 1.35 bits per heavy atom. The summed E-state index contributed by atoms with van der Waals surface area (Å²) in [5, 5.41) is 0. The third-order valence-electron chi connectivity index (χ3n) is 7.99. The Morgan fingerprint density at radius 2 is 0.837 bits per heavy atom. The SMILES string of the molecule is CC/C=C\C/C=C\C/C=C\CCCCCC(=O)OCC(COC(=O)CCCCCCC)OC(=O)CCCCCCC/C=C\C/C=C\CCC. The van der Waals surface area contributed by atoms with Crippen LogP contribution in [0.1, 0.15) is 175 Å². The molecular weight excluding hydrogens is 612 g/mol. The maximum absolute atomic E-state index is 12.6. The van der Waals surface area contributed by atoms with Gasteiger partial charge in [0, 0.05) is 19.3 Å². The zero-order chi connectivity index (χ0) is 35.9. The first-order valence-corrected chi connectivity index (χ1v) is 19.8. The molecule has 0 saturated heterocycles. The normalized spacial score (nSPS) is 12.6. The number of carbonyl (C=O) groups excluding carboxylic acids is 3. The predicted octanol–water partition coefficient (Wildman–Crippen LogP) is 12.2. The third-order valence-corrected chi connectivity index (χ3v) is 7.99. The topological polar surface area (TPSA) is 78.9 Å². The van der Waals surface area contributed by atoms with Crippen LogP contribution in [0.4, 0.5) is 0 Å². The van der Waals surface area contributed by atoms with Gasteiger partial charge in [0.1, 0.15) is 13.2 Å². The monoisotopic (exact) mass is 685 g/mol. The molecule has 0 saturated carbocycles. The maximum atomic E-state index is 12.6. The summed E-state index contributed by atoms with van der Waals surface area (Å²) in [6, 6.07) is 0. The van der Waals surface area contributed by atoms with E-state index in [9.17, 15) is 14.4 Å². The van der Waals surface area contributed by atoms with Gasteiger partial charge in [0.05, 0.1) is 0 Å². The third kappa shape index (κ3) is 36.2. The van der Waals surface area contributed by atoms with Crippen molar-refractivity contribution in [3.63, 3.8) is 0 Å². The van der Waals surface area contributed by atoms with Gasteiger partial charge in [0.25, 0.3) is 0 Å². The molecule has 0 bridgehead atoms. The molecule has 0 aromatic rings. The first-order chi connectivity index (χ1) is 24.0. The van der Waals surface area contributed by atoms with Crippen LogP contribution in [-0.2, 0) is 28.6 Å². The molecule has 0 aliphatic rings. The lowest BCUT2D eigenvalue weighted by Gasteiger charge is -2.18. The van der Waals surface area contributed by atoms with E-state index in [1.807, 2.05) is 0 Å². The quantitative estimate of drug-likeness (QED) is 0.0290. The first-order valence-electron chi connectivity index (χ1n) is 19.8. The fourth-order valence-electron chi connectivity index (χ4n) is 5.02. The van der Waals surface area contributed by atoms with Gasteiger partial charge in [-0.1, -0.05) is 139 Å². The van der Waals surface area contributed by atoms with Gasteiger partial charge in [0.15, 0.2) is 6.10 Å². The maximum Gasteiger partial charge on any atom is 0.306 e.